The first-order chi connectivity index (χ1) is 9.24. The van der Waals surface area contributed by atoms with E-state index in [0.717, 1.165) is 17.8 Å². The number of hydrogen-bond donors (Lipinski definition) is 1. The molecule has 1 atom stereocenters. The monoisotopic (exact) mass is 258 g/mol. The first kappa shape index (κ1) is 12.4. The van der Waals surface area contributed by atoms with Gasteiger partial charge in [0.1, 0.15) is 5.82 Å². The zero-order valence-corrected chi connectivity index (χ0v) is 11.0. The van der Waals surface area contributed by atoms with Crippen molar-refractivity contribution in [2.45, 2.75) is 32.2 Å². The molecule has 0 radical (unpaired) electrons. The SMILES string of the molecule is Cn1ccnc1CCC(O)c1ccc2c(c1)COC2. The van der Waals surface area contributed by atoms with Crippen LogP contribution in [-0.4, -0.2) is 14.7 Å². The molecule has 3 rings (SSSR count). The maximum Gasteiger partial charge on any atom is 0.108 e. The van der Waals surface area contributed by atoms with Crippen LogP contribution in [0.15, 0.2) is 30.6 Å². The molecular weight excluding hydrogens is 240 g/mol. The van der Waals surface area contributed by atoms with Gasteiger partial charge in [-0.05, 0) is 23.1 Å². The Labute approximate surface area is 112 Å². The van der Waals surface area contributed by atoms with Gasteiger partial charge in [0.2, 0.25) is 0 Å². The number of aliphatic hydroxyl groups excluding tert-OH is 1. The molecule has 1 aliphatic rings. The molecule has 0 fully saturated rings. The molecule has 1 unspecified atom stereocenters. The molecule has 2 aromatic rings. The van der Waals surface area contributed by atoms with E-state index in [2.05, 4.69) is 17.1 Å². The lowest BCUT2D eigenvalue weighted by Crippen LogP contribution is -2.04. The van der Waals surface area contributed by atoms with Gasteiger partial charge in [-0.15, -0.1) is 0 Å². The minimum absolute atomic E-state index is 0.442. The van der Waals surface area contributed by atoms with Gasteiger partial charge in [-0.3, -0.25) is 0 Å². The lowest BCUT2D eigenvalue weighted by molar-refractivity contribution is 0.134. The Morgan fingerprint density at radius 3 is 3.00 bits per heavy atom. The van der Waals surface area contributed by atoms with Crippen molar-refractivity contribution in [3.63, 3.8) is 0 Å². The molecule has 0 spiro atoms. The highest BCUT2D eigenvalue weighted by Gasteiger charge is 2.15. The quantitative estimate of drug-likeness (QED) is 0.913. The molecule has 100 valence electrons. The summed E-state index contributed by atoms with van der Waals surface area (Å²) in [5, 5.41) is 10.3. The highest BCUT2D eigenvalue weighted by Crippen LogP contribution is 2.25. The minimum atomic E-state index is -0.442. The molecule has 19 heavy (non-hydrogen) atoms. The fourth-order valence-electron chi connectivity index (χ4n) is 2.47. The normalized spacial score (nSPS) is 15.5. The highest BCUT2D eigenvalue weighted by atomic mass is 16.5. The number of aryl methyl sites for hydroxylation is 2. The van der Waals surface area contributed by atoms with E-state index in [-0.39, 0.29) is 0 Å². The molecule has 0 saturated carbocycles. The Hall–Kier alpha value is -1.65. The number of benzene rings is 1. The number of nitrogens with zero attached hydrogens (tertiary/aromatic N) is 2. The summed E-state index contributed by atoms with van der Waals surface area (Å²) in [6.45, 7) is 1.36. The van der Waals surface area contributed by atoms with Crippen molar-refractivity contribution in [3.8, 4) is 0 Å². The predicted octanol–water partition coefficient (Wildman–Crippen LogP) is 2.12. The number of rotatable bonds is 4. The van der Waals surface area contributed by atoms with Gasteiger partial charge in [-0.2, -0.15) is 0 Å². The first-order valence-electron chi connectivity index (χ1n) is 6.58. The van der Waals surface area contributed by atoms with Crippen LogP contribution < -0.4 is 0 Å². The lowest BCUT2D eigenvalue weighted by Gasteiger charge is -2.12. The van der Waals surface area contributed by atoms with E-state index >= 15 is 0 Å². The number of ether oxygens (including phenoxy) is 1. The van der Waals surface area contributed by atoms with Crippen molar-refractivity contribution in [1.29, 1.82) is 0 Å². The van der Waals surface area contributed by atoms with Gasteiger partial charge in [0.15, 0.2) is 0 Å². The van der Waals surface area contributed by atoms with E-state index in [0.29, 0.717) is 19.6 Å². The molecular formula is C15H18N2O2. The Kier molecular flexibility index (Phi) is 3.36. The zero-order valence-electron chi connectivity index (χ0n) is 11.0. The highest BCUT2D eigenvalue weighted by molar-refractivity contribution is 5.34. The standard InChI is InChI=1S/C15H18N2O2/c1-17-7-6-16-15(17)5-4-14(18)11-2-3-12-9-19-10-13(12)8-11/h2-3,6-8,14,18H,4-5,9-10H2,1H3. The van der Waals surface area contributed by atoms with Crippen LogP contribution in [0.2, 0.25) is 0 Å². The third kappa shape index (κ3) is 2.55. The van der Waals surface area contributed by atoms with Crippen LogP contribution >= 0.6 is 0 Å². The maximum absolute atomic E-state index is 10.3. The van der Waals surface area contributed by atoms with Crippen molar-refractivity contribution < 1.29 is 9.84 Å². The van der Waals surface area contributed by atoms with Gasteiger partial charge in [-0.1, -0.05) is 18.2 Å². The summed E-state index contributed by atoms with van der Waals surface area (Å²) in [4.78, 5) is 4.27. The van der Waals surface area contributed by atoms with Gasteiger partial charge in [0, 0.05) is 25.9 Å². The Bertz CT molecular complexity index is 577. The van der Waals surface area contributed by atoms with Crippen molar-refractivity contribution >= 4 is 0 Å². The molecule has 0 amide bonds. The molecule has 2 heterocycles. The molecule has 4 heteroatoms. The molecule has 0 bridgehead atoms. The number of aliphatic hydroxyl groups is 1. The van der Waals surface area contributed by atoms with Crippen molar-refractivity contribution in [3.05, 3.63) is 53.1 Å². The van der Waals surface area contributed by atoms with Crippen molar-refractivity contribution in [2.24, 2.45) is 7.05 Å². The van der Waals surface area contributed by atoms with E-state index in [9.17, 15) is 5.11 Å². The molecule has 1 aliphatic heterocycles. The lowest BCUT2D eigenvalue weighted by atomic mass is 10.00. The Balaban J connectivity index is 1.67. The third-order valence-electron chi connectivity index (χ3n) is 3.69. The number of hydrogen-bond acceptors (Lipinski definition) is 3. The smallest absolute Gasteiger partial charge is 0.108 e. The number of aromatic nitrogens is 2. The van der Waals surface area contributed by atoms with E-state index in [1.54, 1.807) is 6.20 Å². The van der Waals surface area contributed by atoms with Crippen molar-refractivity contribution in [1.82, 2.24) is 9.55 Å². The fourth-order valence-corrected chi connectivity index (χ4v) is 2.47. The topological polar surface area (TPSA) is 47.3 Å². The summed E-state index contributed by atoms with van der Waals surface area (Å²) >= 11 is 0. The second kappa shape index (κ2) is 5.15. The summed E-state index contributed by atoms with van der Waals surface area (Å²) < 4.78 is 7.38. The molecule has 1 aromatic heterocycles. The van der Waals surface area contributed by atoms with Gasteiger partial charge in [0.25, 0.3) is 0 Å². The molecule has 0 saturated heterocycles. The van der Waals surface area contributed by atoms with Crippen LogP contribution in [0.5, 0.6) is 0 Å². The molecule has 0 aliphatic carbocycles. The van der Waals surface area contributed by atoms with Crippen LogP contribution in [0.1, 0.15) is 35.0 Å². The number of imidazole rings is 1. The van der Waals surface area contributed by atoms with Crippen molar-refractivity contribution in [2.75, 3.05) is 0 Å². The van der Waals surface area contributed by atoms with E-state index < -0.39 is 6.10 Å². The second-order valence-electron chi connectivity index (χ2n) is 5.03. The van der Waals surface area contributed by atoms with Crippen LogP contribution in [0.4, 0.5) is 0 Å². The van der Waals surface area contributed by atoms with Gasteiger partial charge < -0.3 is 14.4 Å². The Morgan fingerprint density at radius 2 is 2.21 bits per heavy atom. The van der Waals surface area contributed by atoms with Crippen LogP contribution in [0.25, 0.3) is 0 Å². The first-order valence-corrected chi connectivity index (χ1v) is 6.58. The van der Waals surface area contributed by atoms with Crippen LogP contribution in [0.3, 0.4) is 0 Å². The predicted molar refractivity (Wildman–Crippen MR) is 71.4 cm³/mol. The summed E-state index contributed by atoms with van der Waals surface area (Å²) in [6.07, 6.45) is 4.73. The largest absolute Gasteiger partial charge is 0.388 e. The average molecular weight is 258 g/mol. The minimum Gasteiger partial charge on any atom is -0.388 e. The fraction of sp³-hybridized carbons (Fsp3) is 0.400. The van der Waals surface area contributed by atoms with Gasteiger partial charge in [-0.25, -0.2) is 4.98 Å². The molecule has 1 N–H and O–H groups in total. The average Bonchev–Trinajstić information content (AvgIpc) is 3.03. The van der Waals surface area contributed by atoms with Gasteiger partial charge >= 0.3 is 0 Å². The molecule has 1 aromatic carbocycles. The van der Waals surface area contributed by atoms with E-state index in [1.165, 1.54) is 11.1 Å². The second-order valence-corrected chi connectivity index (χ2v) is 5.03. The van der Waals surface area contributed by atoms with Gasteiger partial charge in [0.05, 0.1) is 19.3 Å². The zero-order chi connectivity index (χ0) is 13.2. The Morgan fingerprint density at radius 1 is 1.37 bits per heavy atom. The van der Waals surface area contributed by atoms with Crippen LogP contribution in [-0.2, 0) is 31.4 Å². The van der Waals surface area contributed by atoms with E-state index in [4.69, 9.17) is 4.74 Å². The maximum atomic E-state index is 10.3. The van der Waals surface area contributed by atoms with Crippen LogP contribution in [0, 0.1) is 0 Å². The van der Waals surface area contributed by atoms with E-state index in [1.807, 2.05) is 23.9 Å². The molecule has 4 nitrogen and oxygen atoms in total. The summed E-state index contributed by atoms with van der Waals surface area (Å²) in [5.41, 5.74) is 3.41. The third-order valence-corrected chi connectivity index (χ3v) is 3.69. The summed E-state index contributed by atoms with van der Waals surface area (Å²) in [7, 11) is 1.97. The summed E-state index contributed by atoms with van der Waals surface area (Å²) in [5.74, 6) is 1.00. The summed E-state index contributed by atoms with van der Waals surface area (Å²) in [6, 6.07) is 6.11. The number of fused-ring (bicyclic) bond motifs is 1.